The monoisotopic (exact) mass is 381 g/mol. The van der Waals surface area contributed by atoms with Crippen LogP contribution in [-0.4, -0.2) is 43.2 Å². The lowest BCUT2D eigenvalue weighted by atomic mass is 9.85. The Kier molecular flexibility index (Phi) is 3.96. The zero-order valence-electron chi connectivity index (χ0n) is 15.9. The minimum atomic E-state index is -0.521. The topological polar surface area (TPSA) is 90.1 Å². The molecule has 8 nitrogen and oxygen atoms in total. The predicted molar refractivity (Wildman–Crippen MR) is 101 cm³/mol. The molecule has 28 heavy (non-hydrogen) atoms. The molecule has 1 aliphatic carbocycles. The first-order chi connectivity index (χ1) is 13.5. The van der Waals surface area contributed by atoms with E-state index in [0.29, 0.717) is 43.6 Å². The molecule has 2 aliphatic heterocycles. The SMILES string of the molecule is Cc1cccc(C(=O)N2C[C@@H]3Cn4c(nn(CC5CCC5)c(=O)c4=O)[C@@H]3C2)n1. The number of amides is 1. The van der Waals surface area contributed by atoms with Gasteiger partial charge < -0.3 is 4.90 Å². The average molecular weight is 381 g/mol. The Morgan fingerprint density at radius 3 is 2.68 bits per heavy atom. The number of carbonyl (C=O) groups is 1. The van der Waals surface area contributed by atoms with E-state index in [-0.39, 0.29) is 17.7 Å². The molecule has 0 N–H and O–H groups in total. The molecule has 0 unspecified atom stereocenters. The van der Waals surface area contributed by atoms with Gasteiger partial charge in [0.1, 0.15) is 11.5 Å². The summed E-state index contributed by atoms with van der Waals surface area (Å²) in [6.45, 7) is 3.90. The molecule has 2 atom stereocenters. The largest absolute Gasteiger partial charge is 0.336 e. The number of nitrogens with zero attached hydrogens (tertiary/aromatic N) is 5. The third-order valence-corrected chi connectivity index (χ3v) is 6.40. The number of likely N-dealkylation sites (tertiary alicyclic amines) is 1. The van der Waals surface area contributed by atoms with Crippen molar-refractivity contribution in [1.82, 2.24) is 24.2 Å². The summed E-state index contributed by atoms with van der Waals surface area (Å²) in [5, 5.41) is 4.57. The summed E-state index contributed by atoms with van der Waals surface area (Å²) in [7, 11) is 0. The lowest BCUT2D eigenvalue weighted by Gasteiger charge is -2.25. The lowest BCUT2D eigenvalue weighted by molar-refractivity contribution is 0.0777. The van der Waals surface area contributed by atoms with Crippen molar-refractivity contribution in [3.05, 3.63) is 56.1 Å². The molecule has 4 heterocycles. The van der Waals surface area contributed by atoms with Crippen LogP contribution in [0, 0.1) is 18.8 Å². The van der Waals surface area contributed by atoms with Crippen LogP contribution in [0.2, 0.25) is 0 Å². The quantitative estimate of drug-likeness (QED) is 0.733. The van der Waals surface area contributed by atoms with E-state index in [0.717, 1.165) is 18.5 Å². The van der Waals surface area contributed by atoms with Gasteiger partial charge in [0.05, 0.1) is 0 Å². The highest BCUT2D eigenvalue weighted by atomic mass is 16.2. The van der Waals surface area contributed by atoms with Gasteiger partial charge in [-0.25, -0.2) is 9.67 Å². The molecule has 0 bridgehead atoms. The van der Waals surface area contributed by atoms with Gasteiger partial charge in [0.2, 0.25) is 0 Å². The molecule has 3 aliphatic rings. The fourth-order valence-electron chi connectivity index (χ4n) is 4.62. The first-order valence-corrected chi connectivity index (χ1v) is 9.96. The summed E-state index contributed by atoms with van der Waals surface area (Å²) < 4.78 is 2.90. The van der Waals surface area contributed by atoms with Crippen LogP contribution in [0.4, 0.5) is 0 Å². The molecule has 0 spiro atoms. The van der Waals surface area contributed by atoms with Crippen LogP contribution in [0.3, 0.4) is 0 Å². The van der Waals surface area contributed by atoms with Crippen molar-refractivity contribution in [2.75, 3.05) is 13.1 Å². The van der Waals surface area contributed by atoms with E-state index in [9.17, 15) is 14.4 Å². The van der Waals surface area contributed by atoms with E-state index in [1.807, 2.05) is 19.1 Å². The van der Waals surface area contributed by atoms with Crippen molar-refractivity contribution in [1.29, 1.82) is 0 Å². The Labute approximate surface area is 161 Å². The average Bonchev–Trinajstić information content (AvgIpc) is 3.20. The number of aryl methyl sites for hydroxylation is 1. The Balaban J connectivity index is 1.42. The molecular weight excluding hydrogens is 358 g/mol. The third kappa shape index (κ3) is 2.70. The van der Waals surface area contributed by atoms with Crippen LogP contribution in [-0.2, 0) is 13.1 Å². The molecule has 2 aromatic heterocycles. The van der Waals surface area contributed by atoms with Crippen LogP contribution in [0.25, 0.3) is 0 Å². The molecule has 1 saturated carbocycles. The van der Waals surface area contributed by atoms with E-state index in [4.69, 9.17) is 0 Å². The third-order valence-electron chi connectivity index (χ3n) is 6.40. The summed E-state index contributed by atoms with van der Waals surface area (Å²) in [5.74, 6) is 1.12. The molecule has 2 aromatic rings. The first kappa shape index (κ1) is 17.3. The van der Waals surface area contributed by atoms with Gasteiger partial charge in [-0.05, 0) is 37.8 Å². The van der Waals surface area contributed by atoms with Crippen LogP contribution >= 0.6 is 0 Å². The van der Waals surface area contributed by atoms with Crippen molar-refractivity contribution in [3.8, 4) is 0 Å². The number of pyridine rings is 1. The van der Waals surface area contributed by atoms with Crippen molar-refractivity contribution in [2.24, 2.45) is 11.8 Å². The van der Waals surface area contributed by atoms with E-state index in [1.54, 1.807) is 11.0 Å². The fourth-order valence-corrected chi connectivity index (χ4v) is 4.62. The number of hydrogen-bond acceptors (Lipinski definition) is 5. The van der Waals surface area contributed by atoms with E-state index in [1.165, 1.54) is 15.7 Å². The second-order valence-corrected chi connectivity index (χ2v) is 8.30. The van der Waals surface area contributed by atoms with Gasteiger partial charge in [-0.2, -0.15) is 5.10 Å². The fraction of sp³-hybridized carbons (Fsp3) is 0.550. The van der Waals surface area contributed by atoms with Gasteiger partial charge >= 0.3 is 11.1 Å². The molecule has 146 valence electrons. The number of fused-ring (bicyclic) bond motifs is 3. The molecule has 8 heteroatoms. The maximum absolute atomic E-state index is 12.8. The summed E-state index contributed by atoms with van der Waals surface area (Å²) in [4.78, 5) is 44.0. The normalized spacial score (nSPS) is 23.4. The van der Waals surface area contributed by atoms with Gasteiger partial charge in [0, 0.05) is 43.7 Å². The smallest absolute Gasteiger partial charge is 0.332 e. The summed E-state index contributed by atoms with van der Waals surface area (Å²) >= 11 is 0. The number of rotatable bonds is 3. The van der Waals surface area contributed by atoms with Gasteiger partial charge in [-0.15, -0.1) is 0 Å². The van der Waals surface area contributed by atoms with E-state index in [2.05, 4.69) is 10.1 Å². The molecule has 0 radical (unpaired) electrons. The van der Waals surface area contributed by atoms with Gasteiger partial charge in [0.25, 0.3) is 5.91 Å². The van der Waals surface area contributed by atoms with E-state index < -0.39 is 11.1 Å². The Hall–Kier alpha value is -2.77. The van der Waals surface area contributed by atoms with Crippen LogP contribution in [0.5, 0.6) is 0 Å². The van der Waals surface area contributed by atoms with Gasteiger partial charge in [0.15, 0.2) is 0 Å². The lowest BCUT2D eigenvalue weighted by Crippen LogP contribution is -2.45. The molecule has 1 saturated heterocycles. The second kappa shape index (κ2) is 6.39. The maximum Gasteiger partial charge on any atom is 0.332 e. The highest BCUT2D eigenvalue weighted by molar-refractivity contribution is 5.92. The Morgan fingerprint density at radius 1 is 1.14 bits per heavy atom. The van der Waals surface area contributed by atoms with Crippen molar-refractivity contribution < 1.29 is 4.79 Å². The highest BCUT2D eigenvalue weighted by Crippen LogP contribution is 2.37. The van der Waals surface area contributed by atoms with Crippen LogP contribution in [0.1, 0.15) is 47.2 Å². The Bertz CT molecular complexity index is 1070. The summed E-state index contributed by atoms with van der Waals surface area (Å²) in [6.07, 6.45) is 3.35. The maximum atomic E-state index is 12.8. The summed E-state index contributed by atoms with van der Waals surface area (Å²) in [6, 6.07) is 5.43. The van der Waals surface area contributed by atoms with Crippen LogP contribution in [0.15, 0.2) is 27.8 Å². The van der Waals surface area contributed by atoms with E-state index >= 15 is 0 Å². The molecule has 5 rings (SSSR count). The second-order valence-electron chi connectivity index (χ2n) is 8.30. The number of aromatic nitrogens is 4. The number of carbonyl (C=O) groups excluding carboxylic acids is 1. The first-order valence-electron chi connectivity index (χ1n) is 9.96. The molecule has 2 fully saturated rings. The minimum Gasteiger partial charge on any atom is -0.336 e. The van der Waals surface area contributed by atoms with Crippen molar-refractivity contribution in [3.63, 3.8) is 0 Å². The minimum absolute atomic E-state index is 0.00491. The molecule has 0 aromatic carbocycles. The predicted octanol–water partition coefficient (Wildman–Crippen LogP) is 0.778. The summed E-state index contributed by atoms with van der Waals surface area (Å²) in [5.41, 5.74) is 0.258. The Morgan fingerprint density at radius 2 is 1.96 bits per heavy atom. The van der Waals surface area contributed by atoms with Crippen LogP contribution < -0.4 is 11.1 Å². The van der Waals surface area contributed by atoms with Crippen molar-refractivity contribution in [2.45, 2.75) is 45.2 Å². The number of hydrogen-bond donors (Lipinski definition) is 0. The van der Waals surface area contributed by atoms with Crippen molar-refractivity contribution >= 4 is 5.91 Å². The van der Waals surface area contributed by atoms with Gasteiger partial charge in [-0.3, -0.25) is 19.0 Å². The zero-order chi connectivity index (χ0) is 19.4. The molecular formula is C20H23N5O3. The standard InChI is InChI=1S/C20H23N5O3/c1-12-4-2-7-16(21-12)18(26)23-9-14-10-24-17(15(14)11-23)22-25(20(28)19(24)27)8-13-5-3-6-13/h2,4,7,13-15H,3,5-6,8-11H2,1H3/t14-,15-/m1/s1. The molecule has 1 amide bonds. The zero-order valence-corrected chi connectivity index (χ0v) is 15.9. The highest BCUT2D eigenvalue weighted by Gasteiger charge is 2.44. The van der Waals surface area contributed by atoms with Gasteiger partial charge in [-0.1, -0.05) is 12.5 Å².